The van der Waals surface area contributed by atoms with Gasteiger partial charge in [0.25, 0.3) is 5.91 Å². The van der Waals surface area contributed by atoms with E-state index in [9.17, 15) is 9.18 Å². The van der Waals surface area contributed by atoms with Gasteiger partial charge in [0.2, 0.25) is 0 Å². The van der Waals surface area contributed by atoms with Gasteiger partial charge in [0, 0.05) is 37.2 Å². The molecule has 2 heterocycles. The number of fused-ring (bicyclic) bond motifs is 1. The van der Waals surface area contributed by atoms with Crippen LogP contribution in [0, 0.1) is 5.82 Å². The van der Waals surface area contributed by atoms with E-state index in [1.807, 2.05) is 23.1 Å². The molecule has 4 rings (SSSR count). The number of benzene rings is 2. The van der Waals surface area contributed by atoms with Crippen LogP contribution in [-0.4, -0.2) is 36.5 Å². The molecule has 2 aromatic rings. The molecule has 27 heavy (non-hydrogen) atoms. The maximum Gasteiger partial charge on any atom is 0.255 e. The lowest BCUT2D eigenvalue weighted by molar-refractivity contribution is 0.0699. The fourth-order valence-corrected chi connectivity index (χ4v) is 4.11. The predicted molar refractivity (Wildman–Crippen MR) is 103 cm³/mol. The number of nitrogens with zero attached hydrogens (tertiary/aromatic N) is 1. The molecule has 1 N–H and O–H groups in total. The van der Waals surface area contributed by atoms with Gasteiger partial charge in [0.05, 0.1) is 17.2 Å². The van der Waals surface area contributed by atoms with Crippen molar-refractivity contribution in [1.82, 2.24) is 10.2 Å². The van der Waals surface area contributed by atoms with E-state index in [-0.39, 0.29) is 17.8 Å². The van der Waals surface area contributed by atoms with Crippen molar-refractivity contribution >= 4 is 17.5 Å². The fraction of sp³-hybridized carbons (Fsp3) is 0.381. The first-order chi connectivity index (χ1) is 13.1. The number of para-hydroxylation sites is 1. The largest absolute Gasteiger partial charge is 0.490 e. The summed E-state index contributed by atoms with van der Waals surface area (Å²) in [4.78, 5) is 14.5. The molecule has 4 nitrogen and oxygen atoms in total. The van der Waals surface area contributed by atoms with Gasteiger partial charge in [-0.1, -0.05) is 35.9 Å². The van der Waals surface area contributed by atoms with E-state index >= 15 is 0 Å². The van der Waals surface area contributed by atoms with Gasteiger partial charge >= 0.3 is 0 Å². The molecule has 0 aliphatic carbocycles. The Morgan fingerprint density at radius 1 is 1.11 bits per heavy atom. The molecule has 2 aliphatic heterocycles. The smallest absolute Gasteiger partial charge is 0.255 e. The van der Waals surface area contributed by atoms with E-state index in [4.69, 9.17) is 16.3 Å². The van der Waals surface area contributed by atoms with Crippen LogP contribution < -0.4 is 10.1 Å². The van der Waals surface area contributed by atoms with Crippen LogP contribution in [0.25, 0.3) is 0 Å². The lowest BCUT2D eigenvalue weighted by Crippen LogP contribution is -2.46. The number of halogens is 2. The van der Waals surface area contributed by atoms with Gasteiger partial charge in [-0.15, -0.1) is 0 Å². The molecule has 0 saturated carbocycles. The number of carbonyl (C=O) groups is 1. The van der Waals surface area contributed by atoms with Gasteiger partial charge in [-0.2, -0.15) is 0 Å². The molecule has 1 saturated heterocycles. The quantitative estimate of drug-likeness (QED) is 0.856. The number of ether oxygens (including phenoxy) is 1. The molecule has 1 atom stereocenters. The lowest BCUT2D eigenvalue weighted by atomic mass is 9.96. The van der Waals surface area contributed by atoms with Crippen molar-refractivity contribution in [2.45, 2.75) is 31.3 Å². The van der Waals surface area contributed by atoms with E-state index in [1.54, 1.807) is 18.2 Å². The van der Waals surface area contributed by atoms with Gasteiger partial charge in [0.1, 0.15) is 0 Å². The van der Waals surface area contributed by atoms with E-state index in [0.717, 1.165) is 24.8 Å². The maximum absolute atomic E-state index is 13.9. The zero-order chi connectivity index (χ0) is 18.8. The Morgan fingerprint density at radius 3 is 2.67 bits per heavy atom. The van der Waals surface area contributed by atoms with Crippen molar-refractivity contribution in [1.29, 1.82) is 0 Å². The Kier molecular flexibility index (Phi) is 5.32. The minimum Gasteiger partial charge on any atom is -0.490 e. The van der Waals surface area contributed by atoms with Crippen molar-refractivity contribution in [3.8, 4) is 5.75 Å². The number of hydrogen-bond donors (Lipinski definition) is 1. The highest BCUT2D eigenvalue weighted by atomic mass is 35.5. The summed E-state index contributed by atoms with van der Waals surface area (Å²) in [5.41, 5.74) is 1.44. The summed E-state index contributed by atoms with van der Waals surface area (Å²) in [7, 11) is 0. The topological polar surface area (TPSA) is 41.6 Å². The molecule has 0 bridgehead atoms. The molecule has 1 fully saturated rings. The molecular formula is C21H22ClFN2O2. The van der Waals surface area contributed by atoms with E-state index in [1.165, 1.54) is 6.07 Å². The van der Waals surface area contributed by atoms with Crippen LogP contribution in [0.3, 0.4) is 0 Å². The molecule has 0 aromatic heterocycles. The SMILES string of the molecule is O=C(c1ccccc1Cl)N1CCC(N[C@H]2CCOc3c(F)cccc32)CC1. The van der Waals surface area contributed by atoms with Gasteiger partial charge in [-0.25, -0.2) is 4.39 Å². The highest BCUT2D eigenvalue weighted by molar-refractivity contribution is 6.33. The molecule has 0 unspecified atom stereocenters. The second-order valence-electron chi connectivity index (χ2n) is 7.06. The third-order valence-electron chi connectivity index (χ3n) is 5.35. The average molecular weight is 389 g/mol. The van der Waals surface area contributed by atoms with Gasteiger partial charge in [-0.3, -0.25) is 4.79 Å². The van der Waals surface area contributed by atoms with Crippen LogP contribution in [0.5, 0.6) is 5.75 Å². The highest BCUT2D eigenvalue weighted by Crippen LogP contribution is 2.35. The Hall–Kier alpha value is -2.11. The zero-order valence-electron chi connectivity index (χ0n) is 15.0. The minimum atomic E-state index is -0.306. The Balaban J connectivity index is 1.38. The van der Waals surface area contributed by atoms with Crippen molar-refractivity contribution in [2.75, 3.05) is 19.7 Å². The van der Waals surface area contributed by atoms with Crippen LogP contribution in [0.15, 0.2) is 42.5 Å². The number of likely N-dealkylation sites (tertiary alicyclic amines) is 1. The summed E-state index contributed by atoms with van der Waals surface area (Å²) < 4.78 is 19.5. The molecule has 142 valence electrons. The maximum atomic E-state index is 13.9. The summed E-state index contributed by atoms with van der Waals surface area (Å²) in [6.07, 6.45) is 2.53. The van der Waals surface area contributed by atoms with E-state index in [2.05, 4.69) is 5.32 Å². The highest BCUT2D eigenvalue weighted by Gasteiger charge is 2.29. The van der Waals surface area contributed by atoms with Crippen molar-refractivity contribution in [3.63, 3.8) is 0 Å². The average Bonchev–Trinajstić information content (AvgIpc) is 2.69. The second-order valence-corrected chi connectivity index (χ2v) is 7.47. The van der Waals surface area contributed by atoms with Crippen LogP contribution in [0.2, 0.25) is 5.02 Å². The van der Waals surface area contributed by atoms with Crippen LogP contribution in [0.4, 0.5) is 4.39 Å². The number of piperidine rings is 1. The summed E-state index contributed by atoms with van der Waals surface area (Å²) >= 11 is 6.15. The van der Waals surface area contributed by atoms with Gasteiger partial charge in [0.15, 0.2) is 11.6 Å². The molecule has 6 heteroatoms. The van der Waals surface area contributed by atoms with E-state index < -0.39 is 0 Å². The number of rotatable bonds is 3. The van der Waals surface area contributed by atoms with Crippen LogP contribution in [-0.2, 0) is 0 Å². The first-order valence-electron chi connectivity index (χ1n) is 9.34. The third-order valence-corrected chi connectivity index (χ3v) is 5.68. The summed E-state index contributed by atoms with van der Waals surface area (Å²) in [6.45, 7) is 1.87. The molecular weight excluding hydrogens is 367 g/mol. The number of amides is 1. The molecule has 0 spiro atoms. The van der Waals surface area contributed by atoms with E-state index in [0.29, 0.717) is 42.1 Å². The molecule has 2 aromatic carbocycles. The van der Waals surface area contributed by atoms with Crippen molar-refractivity contribution in [3.05, 3.63) is 64.4 Å². The van der Waals surface area contributed by atoms with Gasteiger partial charge < -0.3 is 15.0 Å². The Labute approximate surface area is 163 Å². The summed E-state index contributed by atoms with van der Waals surface area (Å²) in [6, 6.07) is 12.6. The predicted octanol–water partition coefficient (Wildman–Crippen LogP) is 4.20. The van der Waals surface area contributed by atoms with Crippen LogP contribution >= 0.6 is 11.6 Å². The lowest BCUT2D eigenvalue weighted by Gasteiger charge is -2.36. The minimum absolute atomic E-state index is 0.0162. The first kappa shape index (κ1) is 18.3. The third kappa shape index (κ3) is 3.80. The number of carbonyl (C=O) groups excluding carboxylic acids is 1. The molecule has 0 radical (unpaired) electrons. The van der Waals surface area contributed by atoms with Crippen molar-refractivity contribution in [2.24, 2.45) is 0 Å². The van der Waals surface area contributed by atoms with Crippen molar-refractivity contribution < 1.29 is 13.9 Å². The summed E-state index contributed by atoms with van der Waals surface area (Å²) in [5, 5.41) is 4.13. The first-order valence-corrected chi connectivity index (χ1v) is 9.72. The number of nitrogens with one attached hydrogen (secondary N) is 1. The zero-order valence-corrected chi connectivity index (χ0v) is 15.7. The Morgan fingerprint density at radius 2 is 1.89 bits per heavy atom. The Bertz CT molecular complexity index is 837. The fourth-order valence-electron chi connectivity index (χ4n) is 3.90. The monoisotopic (exact) mass is 388 g/mol. The summed E-state index contributed by atoms with van der Waals surface area (Å²) in [5.74, 6) is 0.0456. The second kappa shape index (κ2) is 7.87. The van der Waals surface area contributed by atoms with Gasteiger partial charge in [-0.05, 0) is 31.0 Å². The normalized spacial score (nSPS) is 20.1. The number of hydrogen-bond acceptors (Lipinski definition) is 3. The van der Waals surface area contributed by atoms with Crippen LogP contribution in [0.1, 0.15) is 41.2 Å². The molecule has 1 amide bonds. The standard InChI is InChI=1S/C21H22ClFN2O2/c22-17-6-2-1-4-15(17)21(26)25-11-8-14(9-12-25)24-19-10-13-27-20-16(19)5-3-7-18(20)23/h1-7,14,19,24H,8-13H2/t19-/m0/s1. The molecule has 2 aliphatic rings.